The Balaban J connectivity index is 1.52. The van der Waals surface area contributed by atoms with Crippen LogP contribution in [0, 0.1) is 0 Å². The van der Waals surface area contributed by atoms with Crippen molar-refractivity contribution >= 4 is 22.7 Å². The number of nitrogens with zero attached hydrogens (tertiary/aromatic N) is 5. The van der Waals surface area contributed by atoms with E-state index in [4.69, 9.17) is 0 Å². The van der Waals surface area contributed by atoms with E-state index in [9.17, 15) is 4.79 Å². The molecule has 0 atom stereocenters. The second kappa shape index (κ2) is 7.05. The van der Waals surface area contributed by atoms with Gasteiger partial charge in [0.1, 0.15) is 0 Å². The Morgan fingerprint density at radius 2 is 1.66 bits per heavy atom. The van der Waals surface area contributed by atoms with Gasteiger partial charge in [-0.3, -0.25) is 9.36 Å². The number of aromatic nitrogens is 5. The average molecular weight is 380 g/mol. The summed E-state index contributed by atoms with van der Waals surface area (Å²) in [6.45, 7) is 0. The fraction of sp³-hybridized carbons (Fsp3) is 0. The van der Waals surface area contributed by atoms with Gasteiger partial charge in [-0.2, -0.15) is 10.1 Å². The van der Waals surface area contributed by atoms with Gasteiger partial charge in [-0.25, -0.2) is 9.67 Å². The predicted molar refractivity (Wildman–Crippen MR) is 112 cm³/mol. The molecule has 0 saturated carbocycles. The van der Waals surface area contributed by atoms with E-state index in [1.807, 2.05) is 66.9 Å². The molecule has 7 nitrogen and oxygen atoms in total. The van der Waals surface area contributed by atoms with Crippen LogP contribution in [0.25, 0.3) is 22.4 Å². The first kappa shape index (κ1) is 16.9. The predicted octanol–water partition coefficient (Wildman–Crippen LogP) is 3.71. The number of benzene rings is 2. The van der Waals surface area contributed by atoms with Gasteiger partial charge in [0.05, 0.1) is 11.4 Å². The smallest absolute Gasteiger partial charge is 0.256 e. The Hall–Kier alpha value is -4.26. The van der Waals surface area contributed by atoms with Crippen molar-refractivity contribution in [2.45, 2.75) is 0 Å². The third-order valence-corrected chi connectivity index (χ3v) is 4.54. The highest BCUT2D eigenvalue weighted by Gasteiger charge is 2.09. The van der Waals surface area contributed by atoms with Crippen LogP contribution in [0.3, 0.4) is 0 Å². The number of rotatable bonds is 4. The molecular weight excluding hydrogens is 364 g/mol. The van der Waals surface area contributed by atoms with Gasteiger partial charge in [0, 0.05) is 35.7 Å². The van der Waals surface area contributed by atoms with E-state index in [2.05, 4.69) is 20.4 Å². The van der Waals surface area contributed by atoms with Gasteiger partial charge in [-0.1, -0.05) is 18.2 Å². The molecule has 1 N–H and O–H groups in total. The minimum absolute atomic E-state index is 0.142. The van der Waals surface area contributed by atoms with Crippen molar-refractivity contribution < 1.29 is 0 Å². The maximum absolute atomic E-state index is 12.5. The Morgan fingerprint density at radius 3 is 2.41 bits per heavy atom. The molecule has 140 valence electrons. The number of hydrogen-bond acceptors (Lipinski definition) is 5. The lowest BCUT2D eigenvalue weighted by Gasteiger charge is -2.11. The van der Waals surface area contributed by atoms with Crippen LogP contribution in [0.5, 0.6) is 0 Å². The minimum atomic E-state index is -0.142. The van der Waals surface area contributed by atoms with Crippen LogP contribution in [0.1, 0.15) is 0 Å². The Kier molecular flexibility index (Phi) is 4.10. The number of hydrogen-bond donors (Lipinski definition) is 1. The van der Waals surface area contributed by atoms with E-state index in [1.165, 1.54) is 6.07 Å². The number of para-hydroxylation sites is 1. The fourth-order valence-electron chi connectivity index (χ4n) is 3.15. The standard InChI is InChI=1S/C22H16N6O/c29-20-12-7-16-15-23-22(26-21(16)28(20)19-5-2-1-3-6-19)25-17-8-10-18(11-9-17)27-14-4-13-24-27/h1-15H,(H,23,25,26). The quantitative estimate of drug-likeness (QED) is 0.514. The zero-order valence-electron chi connectivity index (χ0n) is 15.3. The second-order valence-electron chi connectivity index (χ2n) is 6.44. The van der Waals surface area contributed by atoms with Crippen LogP contribution in [0.2, 0.25) is 0 Å². The number of nitrogens with one attached hydrogen (secondary N) is 1. The lowest BCUT2D eigenvalue weighted by molar-refractivity contribution is 0.881. The molecule has 7 heteroatoms. The van der Waals surface area contributed by atoms with E-state index >= 15 is 0 Å². The Morgan fingerprint density at radius 1 is 0.828 bits per heavy atom. The molecule has 29 heavy (non-hydrogen) atoms. The third kappa shape index (κ3) is 3.25. The van der Waals surface area contributed by atoms with Crippen molar-refractivity contribution in [3.63, 3.8) is 0 Å². The van der Waals surface area contributed by atoms with Crippen LogP contribution in [-0.2, 0) is 0 Å². The molecule has 0 aliphatic rings. The maximum Gasteiger partial charge on any atom is 0.256 e. The van der Waals surface area contributed by atoms with Gasteiger partial charge < -0.3 is 5.32 Å². The van der Waals surface area contributed by atoms with Crippen molar-refractivity contribution in [3.05, 3.63) is 102 Å². The second-order valence-corrected chi connectivity index (χ2v) is 6.44. The van der Waals surface area contributed by atoms with E-state index in [-0.39, 0.29) is 5.56 Å². The maximum atomic E-state index is 12.5. The molecular formula is C22H16N6O. The van der Waals surface area contributed by atoms with Crippen LogP contribution in [-0.4, -0.2) is 24.3 Å². The summed E-state index contributed by atoms with van der Waals surface area (Å²) in [7, 11) is 0. The lowest BCUT2D eigenvalue weighted by atomic mass is 10.2. The monoisotopic (exact) mass is 380 g/mol. The summed E-state index contributed by atoms with van der Waals surface area (Å²) in [6.07, 6.45) is 5.33. The zero-order valence-corrected chi connectivity index (χ0v) is 15.3. The largest absolute Gasteiger partial charge is 0.324 e. The zero-order chi connectivity index (χ0) is 19.6. The molecule has 0 aliphatic heterocycles. The highest BCUT2D eigenvalue weighted by atomic mass is 16.1. The van der Waals surface area contributed by atoms with Gasteiger partial charge in [0.25, 0.3) is 5.56 Å². The summed E-state index contributed by atoms with van der Waals surface area (Å²) in [4.78, 5) is 21.5. The first-order chi connectivity index (χ1) is 14.3. The van der Waals surface area contributed by atoms with E-state index in [1.54, 1.807) is 27.7 Å². The van der Waals surface area contributed by atoms with Gasteiger partial charge in [0.2, 0.25) is 5.95 Å². The normalized spacial score (nSPS) is 10.9. The van der Waals surface area contributed by atoms with E-state index < -0.39 is 0 Å². The summed E-state index contributed by atoms with van der Waals surface area (Å²) in [5.74, 6) is 0.416. The van der Waals surface area contributed by atoms with Crippen LogP contribution >= 0.6 is 0 Å². The molecule has 5 rings (SSSR count). The number of pyridine rings is 1. The molecule has 3 aromatic heterocycles. The summed E-state index contributed by atoms with van der Waals surface area (Å²) < 4.78 is 3.37. The van der Waals surface area contributed by atoms with Crippen LogP contribution < -0.4 is 10.9 Å². The molecule has 0 bridgehead atoms. The van der Waals surface area contributed by atoms with Crippen molar-refractivity contribution in [2.75, 3.05) is 5.32 Å². The van der Waals surface area contributed by atoms with Crippen molar-refractivity contribution in [1.82, 2.24) is 24.3 Å². The molecule has 0 amide bonds. The summed E-state index contributed by atoms with van der Waals surface area (Å²) >= 11 is 0. The molecule has 0 aliphatic carbocycles. The Labute approximate surface area is 165 Å². The van der Waals surface area contributed by atoms with Gasteiger partial charge in [-0.05, 0) is 48.5 Å². The summed E-state index contributed by atoms with van der Waals surface area (Å²) in [6, 6.07) is 22.4. The van der Waals surface area contributed by atoms with Crippen molar-refractivity contribution in [1.29, 1.82) is 0 Å². The highest BCUT2D eigenvalue weighted by Crippen LogP contribution is 2.19. The minimum Gasteiger partial charge on any atom is -0.324 e. The lowest BCUT2D eigenvalue weighted by Crippen LogP contribution is -2.18. The first-order valence-corrected chi connectivity index (χ1v) is 9.09. The van der Waals surface area contributed by atoms with Crippen LogP contribution in [0.15, 0.2) is 96.2 Å². The van der Waals surface area contributed by atoms with Gasteiger partial charge in [0.15, 0.2) is 5.65 Å². The number of anilines is 2. The molecule has 0 fully saturated rings. The molecule has 5 aromatic rings. The molecule has 0 unspecified atom stereocenters. The molecule has 0 radical (unpaired) electrons. The SMILES string of the molecule is O=c1ccc2cnc(Nc3ccc(-n4cccn4)cc3)nc2n1-c1ccccc1. The summed E-state index contributed by atoms with van der Waals surface area (Å²) in [5, 5.41) is 8.20. The first-order valence-electron chi connectivity index (χ1n) is 9.09. The fourth-order valence-corrected chi connectivity index (χ4v) is 3.15. The molecule has 2 aromatic carbocycles. The van der Waals surface area contributed by atoms with E-state index in [0.717, 1.165) is 22.4 Å². The van der Waals surface area contributed by atoms with Crippen molar-refractivity contribution in [3.8, 4) is 11.4 Å². The van der Waals surface area contributed by atoms with Gasteiger partial charge in [-0.15, -0.1) is 0 Å². The highest BCUT2D eigenvalue weighted by molar-refractivity contribution is 5.77. The topological polar surface area (TPSA) is 77.6 Å². The number of fused-ring (bicyclic) bond motifs is 1. The van der Waals surface area contributed by atoms with Gasteiger partial charge >= 0.3 is 0 Å². The Bertz CT molecular complexity index is 1330. The van der Waals surface area contributed by atoms with Crippen molar-refractivity contribution in [2.24, 2.45) is 0 Å². The van der Waals surface area contributed by atoms with Crippen LogP contribution in [0.4, 0.5) is 11.6 Å². The third-order valence-electron chi connectivity index (χ3n) is 4.54. The molecule has 0 spiro atoms. The van der Waals surface area contributed by atoms with E-state index in [0.29, 0.717) is 11.6 Å². The average Bonchev–Trinajstić information content (AvgIpc) is 3.30. The summed E-state index contributed by atoms with van der Waals surface area (Å²) in [5.41, 5.74) is 2.96. The molecule has 3 heterocycles. The molecule has 0 saturated heterocycles.